The van der Waals surface area contributed by atoms with E-state index in [0.29, 0.717) is 28.2 Å². The fourth-order valence-electron chi connectivity index (χ4n) is 1.40. The maximum absolute atomic E-state index is 11.7. The smallest absolute Gasteiger partial charge is 0.232 e. The van der Waals surface area contributed by atoms with E-state index in [4.69, 9.17) is 11.6 Å². The number of sulfonamides is 1. The summed E-state index contributed by atoms with van der Waals surface area (Å²) >= 11 is 7.00. The molecule has 2 rings (SSSR count). The van der Waals surface area contributed by atoms with Crippen LogP contribution in [0.25, 0.3) is 11.0 Å². The number of hydrogen-bond acceptors (Lipinski definition) is 5. The third-order valence-electron chi connectivity index (χ3n) is 2.11. The van der Waals surface area contributed by atoms with E-state index in [1.54, 1.807) is 19.1 Å². The Morgan fingerprint density at radius 1 is 1.41 bits per heavy atom. The van der Waals surface area contributed by atoms with Gasteiger partial charge in [-0.05, 0) is 18.6 Å². The monoisotopic (exact) mass is 291 g/mol. The van der Waals surface area contributed by atoms with Gasteiger partial charge in [0, 0.05) is 0 Å². The zero-order valence-corrected chi connectivity index (χ0v) is 11.4. The molecule has 1 aromatic heterocycles. The van der Waals surface area contributed by atoms with E-state index in [-0.39, 0.29) is 5.75 Å². The van der Waals surface area contributed by atoms with Crippen LogP contribution in [0, 0.1) is 0 Å². The van der Waals surface area contributed by atoms with Crippen LogP contribution in [0.3, 0.4) is 0 Å². The molecule has 0 aliphatic carbocycles. The van der Waals surface area contributed by atoms with Crippen molar-refractivity contribution in [3.63, 3.8) is 0 Å². The summed E-state index contributed by atoms with van der Waals surface area (Å²) in [6, 6.07) is 3.31. The zero-order chi connectivity index (χ0) is 12.5. The fourth-order valence-corrected chi connectivity index (χ4v) is 3.35. The molecule has 0 aliphatic rings. The Morgan fingerprint density at radius 3 is 2.88 bits per heavy atom. The van der Waals surface area contributed by atoms with E-state index in [2.05, 4.69) is 13.5 Å². The molecule has 0 bridgehead atoms. The van der Waals surface area contributed by atoms with E-state index < -0.39 is 10.0 Å². The topological polar surface area (TPSA) is 72.0 Å². The van der Waals surface area contributed by atoms with Gasteiger partial charge in [0.1, 0.15) is 11.0 Å². The summed E-state index contributed by atoms with van der Waals surface area (Å²) in [5.41, 5.74) is 1.43. The second kappa shape index (κ2) is 4.75. The number of benzene rings is 1. The molecule has 0 fully saturated rings. The maximum Gasteiger partial charge on any atom is 0.232 e. The molecule has 0 spiro atoms. The van der Waals surface area contributed by atoms with Crippen molar-refractivity contribution in [2.45, 2.75) is 13.3 Å². The average Bonchev–Trinajstić information content (AvgIpc) is 2.70. The second-order valence-corrected chi connectivity index (χ2v) is 6.25. The second-order valence-electron chi connectivity index (χ2n) is 3.48. The Kier molecular flexibility index (Phi) is 3.50. The molecular weight excluding hydrogens is 282 g/mol. The molecule has 0 saturated carbocycles. The molecule has 0 radical (unpaired) electrons. The normalized spacial score (nSPS) is 11.9. The summed E-state index contributed by atoms with van der Waals surface area (Å²) in [5.74, 6) is 0.0529. The molecule has 0 amide bonds. The molecular formula is C9H10ClN3O2S2. The highest BCUT2D eigenvalue weighted by Gasteiger charge is 2.16. The lowest BCUT2D eigenvalue weighted by atomic mass is 10.3. The van der Waals surface area contributed by atoms with Gasteiger partial charge in [-0.3, -0.25) is 4.72 Å². The highest BCUT2D eigenvalue weighted by atomic mass is 35.5. The van der Waals surface area contributed by atoms with Gasteiger partial charge in [0.05, 0.1) is 28.2 Å². The van der Waals surface area contributed by atoms with Crippen LogP contribution in [-0.4, -0.2) is 22.9 Å². The predicted octanol–water partition coefficient (Wildman–Crippen LogP) is 2.50. The van der Waals surface area contributed by atoms with Crippen LogP contribution in [0.2, 0.25) is 5.02 Å². The molecule has 8 heteroatoms. The number of hydrogen-bond donors (Lipinski definition) is 1. The van der Waals surface area contributed by atoms with Crippen LogP contribution in [0.4, 0.5) is 5.69 Å². The van der Waals surface area contributed by atoms with Crippen LogP contribution in [0.1, 0.15) is 13.3 Å². The van der Waals surface area contributed by atoms with Gasteiger partial charge in [-0.2, -0.15) is 8.75 Å². The van der Waals surface area contributed by atoms with Crippen LogP contribution < -0.4 is 4.72 Å². The Morgan fingerprint density at radius 2 is 2.18 bits per heavy atom. The van der Waals surface area contributed by atoms with Crippen molar-refractivity contribution in [3.8, 4) is 0 Å². The van der Waals surface area contributed by atoms with Crippen LogP contribution in [0.15, 0.2) is 12.1 Å². The summed E-state index contributed by atoms with van der Waals surface area (Å²) in [7, 11) is -3.37. The zero-order valence-electron chi connectivity index (χ0n) is 8.97. The Labute approximate surface area is 108 Å². The number of nitrogens with one attached hydrogen (secondary N) is 1. The molecule has 1 N–H and O–H groups in total. The van der Waals surface area contributed by atoms with Gasteiger partial charge < -0.3 is 0 Å². The average molecular weight is 292 g/mol. The van der Waals surface area contributed by atoms with Gasteiger partial charge >= 0.3 is 0 Å². The Balaban J connectivity index is 2.48. The molecule has 2 aromatic rings. The standard InChI is InChI=1S/C9H10ClN3O2S2/c1-2-5-17(14,15)13-8-6(10)3-4-7-9(8)12-16-11-7/h3-4,13H,2,5H2,1H3. The third kappa shape index (κ3) is 2.67. The number of rotatable bonds is 4. The maximum atomic E-state index is 11.7. The van der Waals surface area contributed by atoms with E-state index in [9.17, 15) is 8.42 Å². The molecule has 0 atom stereocenters. The van der Waals surface area contributed by atoms with Crippen molar-refractivity contribution >= 4 is 50.1 Å². The molecule has 1 heterocycles. The number of halogens is 1. The quantitative estimate of drug-likeness (QED) is 0.939. The summed E-state index contributed by atoms with van der Waals surface area (Å²) in [4.78, 5) is 0. The fraction of sp³-hybridized carbons (Fsp3) is 0.333. The molecule has 0 unspecified atom stereocenters. The first-order valence-corrected chi connectivity index (χ1v) is 7.71. The highest BCUT2D eigenvalue weighted by molar-refractivity contribution is 7.92. The van der Waals surface area contributed by atoms with E-state index in [1.165, 1.54) is 0 Å². The van der Waals surface area contributed by atoms with Crippen molar-refractivity contribution in [1.29, 1.82) is 0 Å². The molecule has 0 saturated heterocycles. The van der Waals surface area contributed by atoms with Gasteiger partial charge in [0.15, 0.2) is 0 Å². The van der Waals surface area contributed by atoms with Gasteiger partial charge in [-0.1, -0.05) is 18.5 Å². The van der Waals surface area contributed by atoms with Crippen LogP contribution in [0.5, 0.6) is 0 Å². The Bertz CT molecular complexity index is 639. The summed E-state index contributed by atoms with van der Waals surface area (Å²) in [5, 5.41) is 0.324. The first kappa shape index (κ1) is 12.5. The number of fused-ring (bicyclic) bond motifs is 1. The minimum atomic E-state index is -3.37. The first-order chi connectivity index (χ1) is 8.03. The van der Waals surface area contributed by atoms with E-state index >= 15 is 0 Å². The number of nitrogens with zero attached hydrogens (tertiary/aromatic N) is 2. The van der Waals surface area contributed by atoms with Gasteiger partial charge in [0.2, 0.25) is 10.0 Å². The SMILES string of the molecule is CCCS(=O)(=O)Nc1c(Cl)ccc2nsnc12. The van der Waals surface area contributed by atoms with Gasteiger partial charge in [-0.25, -0.2) is 8.42 Å². The lowest BCUT2D eigenvalue weighted by Gasteiger charge is -2.08. The minimum Gasteiger partial charge on any atom is -0.280 e. The van der Waals surface area contributed by atoms with Crippen LogP contribution in [-0.2, 0) is 10.0 Å². The first-order valence-electron chi connectivity index (χ1n) is 4.95. The van der Waals surface area contributed by atoms with Gasteiger partial charge in [0.25, 0.3) is 0 Å². The largest absolute Gasteiger partial charge is 0.280 e. The van der Waals surface area contributed by atoms with Crippen molar-refractivity contribution < 1.29 is 8.42 Å². The van der Waals surface area contributed by atoms with Crippen molar-refractivity contribution in [2.24, 2.45) is 0 Å². The molecule has 17 heavy (non-hydrogen) atoms. The van der Waals surface area contributed by atoms with Crippen molar-refractivity contribution in [1.82, 2.24) is 8.75 Å². The number of aromatic nitrogens is 2. The highest BCUT2D eigenvalue weighted by Crippen LogP contribution is 2.30. The van der Waals surface area contributed by atoms with Crippen molar-refractivity contribution in [3.05, 3.63) is 17.2 Å². The van der Waals surface area contributed by atoms with Crippen LogP contribution >= 0.6 is 23.3 Å². The van der Waals surface area contributed by atoms with E-state index in [1.807, 2.05) is 0 Å². The minimum absolute atomic E-state index is 0.0529. The predicted molar refractivity (Wildman–Crippen MR) is 70.1 cm³/mol. The lowest BCUT2D eigenvalue weighted by Crippen LogP contribution is -2.16. The molecule has 92 valence electrons. The summed E-state index contributed by atoms with van der Waals surface area (Å²) in [6.07, 6.45) is 0.540. The lowest BCUT2D eigenvalue weighted by molar-refractivity contribution is 0.600. The molecule has 0 aliphatic heterocycles. The van der Waals surface area contributed by atoms with Crippen molar-refractivity contribution in [2.75, 3.05) is 10.5 Å². The van der Waals surface area contributed by atoms with E-state index in [0.717, 1.165) is 11.7 Å². The summed E-state index contributed by atoms with van der Waals surface area (Å²) < 4.78 is 33.9. The number of anilines is 1. The Hall–Kier alpha value is -0.920. The molecule has 5 nitrogen and oxygen atoms in total. The van der Waals surface area contributed by atoms with Gasteiger partial charge in [-0.15, -0.1) is 0 Å². The molecule has 1 aromatic carbocycles. The third-order valence-corrected chi connectivity index (χ3v) is 4.43. The summed E-state index contributed by atoms with van der Waals surface area (Å²) in [6.45, 7) is 1.80.